The molecule has 3 aromatic rings. The Morgan fingerprint density at radius 3 is 2.79 bits per heavy atom. The van der Waals surface area contributed by atoms with Gasteiger partial charge in [-0.05, 0) is 23.4 Å². The van der Waals surface area contributed by atoms with Crippen LogP contribution in [0.3, 0.4) is 0 Å². The normalized spacial score (nSPS) is 11.0. The van der Waals surface area contributed by atoms with Gasteiger partial charge in [0.2, 0.25) is 5.78 Å². The first-order valence-electron chi connectivity index (χ1n) is 6.48. The summed E-state index contributed by atoms with van der Waals surface area (Å²) >= 11 is 1.68. The topological polar surface area (TPSA) is 32.9 Å². The van der Waals surface area contributed by atoms with Crippen molar-refractivity contribution in [3.05, 3.63) is 58.6 Å². The average molecular weight is 269 g/mol. The SMILES string of the molecule is CCCc1csc2[nH]c(C(=O)c3ccccc3)cc12. The number of ketones is 1. The van der Waals surface area contributed by atoms with E-state index < -0.39 is 0 Å². The Bertz CT molecular complexity index is 709. The lowest BCUT2D eigenvalue weighted by Gasteiger charge is -1.97. The van der Waals surface area contributed by atoms with E-state index in [0.29, 0.717) is 5.69 Å². The molecule has 0 fully saturated rings. The van der Waals surface area contributed by atoms with E-state index in [-0.39, 0.29) is 5.78 Å². The predicted octanol–water partition coefficient (Wildman–Crippen LogP) is 4.41. The van der Waals surface area contributed by atoms with E-state index in [1.165, 1.54) is 10.9 Å². The molecule has 3 rings (SSSR count). The minimum atomic E-state index is 0.0615. The fraction of sp³-hybridized carbons (Fsp3) is 0.188. The summed E-state index contributed by atoms with van der Waals surface area (Å²) in [6, 6.07) is 11.4. The monoisotopic (exact) mass is 269 g/mol. The maximum atomic E-state index is 12.4. The van der Waals surface area contributed by atoms with Crippen LogP contribution in [0.4, 0.5) is 0 Å². The molecule has 0 aliphatic rings. The maximum Gasteiger partial charge on any atom is 0.209 e. The number of aromatic nitrogens is 1. The minimum Gasteiger partial charge on any atom is -0.344 e. The van der Waals surface area contributed by atoms with Crippen molar-refractivity contribution in [1.29, 1.82) is 0 Å². The molecule has 96 valence electrons. The van der Waals surface area contributed by atoms with Gasteiger partial charge in [-0.3, -0.25) is 4.79 Å². The molecular weight excluding hydrogens is 254 g/mol. The summed E-state index contributed by atoms with van der Waals surface area (Å²) in [4.78, 5) is 16.7. The number of aromatic amines is 1. The van der Waals surface area contributed by atoms with E-state index in [2.05, 4.69) is 17.3 Å². The lowest BCUT2D eigenvalue weighted by molar-refractivity contribution is 0.103. The first-order valence-corrected chi connectivity index (χ1v) is 7.36. The van der Waals surface area contributed by atoms with Crippen molar-refractivity contribution in [2.24, 2.45) is 0 Å². The van der Waals surface area contributed by atoms with Crippen LogP contribution in [0.2, 0.25) is 0 Å². The molecule has 19 heavy (non-hydrogen) atoms. The van der Waals surface area contributed by atoms with Crippen molar-refractivity contribution >= 4 is 27.3 Å². The molecule has 0 radical (unpaired) electrons. The number of H-pyrrole nitrogens is 1. The number of nitrogens with one attached hydrogen (secondary N) is 1. The maximum absolute atomic E-state index is 12.4. The highest BCUT2D eigenvalue weighted by atomic mass is 32.1. The van der Waals surface area contributed by atoms with Gasteiger partial charge in [0, 0.05) is 10.9 Å². The second-order valence-electron chi connectivity index (χ2n) is 4.63. The Balaban J connectivity index is 2.00. The van der Waals surface area contributed by atoms with E-state index in [0.717, 1.165) is 23.2 Å². The van der Waals surface area contributed by atoms with Gasteiger partial charge in [-0.25, -0.2) is 0 Å². The highest BCUT2D eigenvalue weighted by Gasteiger charge is 2.14. The Labute approximate surface area is 116 Å². The molecule has 0 spiro atoms. The molecule has 2 nitrogen and oxygen atoms in total. The van der Waals surface area contributed by atoms with Crippen LogP contribution in [0, 0.1) is 0 Å². The number of hydrogen-bond donors (Lipinski definition) is 1. The third-order valence-corrected chi connectivity index (χ3v) is 4.21. The second-order valence-corrected chi connectivity index (χ2v) is 5.51. The summed E-state index contributed by atoms with van der Waals surface area (Å²) in [5.74, 6) is 0.0615. The number of carbonyl (C=O) groups excluding carboxylic acids is 1. The number of carbonyl (C=O) groups is 1. The fourth-order valence-electron chi connectivity index (χ4n) is 2.29. The summed E-state index contributed by atoms with van der Waals surface area (Å²) in [5, 5.41) is 3.38. The van der Waals surface area contributed by atoms with Crippen LogP contribution in [0.5, 0.6) is 0 Å². The van der Waals surface area contributed by atoms with Crippen molar-refractivity contribution in [3.8, 4) is 0 Å². The third kappa shape index (κ3) is 2.22. The molecule has 0 amide bonds. The summed E-state index contributed by atoms with van der Waals surface area (Å²) < 4.78 is 0. The number of hydrogen-bond acceptors (Lipinski definition) is 2. The Hall–Kier alpha value is -1.87. The molecule has 2 aromatic heterocycles. The summed E-state index contributed by atoms with van der Waals surface area (Å²) in [6.45, 7) is 2.17. The Kier molecular flexibility index (Phi) is 3.22. The van der Waals surface area contributed by atoms with Crippen LogP contribution in [0.25, 0.3) is 10.2 Å². The van der Waals surface area contributed by atoms with E-state index in [4.69, 9.17) is 0 Å². The van der Waals surface area contributed by atoms with Gasteiger partial charge in [0.15, 0.2) is 0 Å². The smallest absolute Gasteiger partial charge is 0.209 e. The quantitative estimate of drug-likeness (QED) is 0.699. The number of thiophene rings is 1. The van der Waals surface area contributed by atoms with Gasteiger partial charge < -0.3 is 4.98 Å². The molecule has 1 N–H and O–H groups in total. The van der Waals surface area contributed by atoms with Crippen molar-refractivity contribution in [3.63, 3.8) is 0 Å². The van der Waals surface area contributed by atoms with Gasteiger partial charge >= 0.3 is 0 Å². The van der Waals surface area contributed by atoms with Gasteiger partial charge in [-0.15, -0.1) is 11.3 Å². The number of fused-ring (bicyclic) bond motifs is 1. The zero-order valence-electron chi connectivity index (χ0n) is 10.8. The van der Waals surface area contributed by atoms with Crippen molar-refractivity contribution in [2.75, 3.05) is 0 Å². The third-order valence-electron chi connectivity index (χ3n) is 3.25. The van der Waals surface area contributed by atoms with Crippen molar-refractivity contribution < 1.29 is 4.79 Å². The lowest BCUT2D eigenvalue weighted by atomic mass is 10.1. The average Bonchev–Trinajstić information content (AvgIpc) is 3.01. The minimum absolute atomic E-state index is 0.0615. The van der Waals surface area contributed by atoms with Crippen molar-refractivity contribution in [2.45, 2.75) is 19.8 Å². The van der Waals surface area contributed by atoms with Gasteiger partial charge in [0.05, 0.1) is 5.69 Å². The molecule has 0 saturated carbocycles. The van der Waals surface area contributed by atoms with Gasteiger partial charge in [-0.2, -0.15) is 0 Å². The van der Waals surface area contributed by atoms with Crippen molar-refractivity contribution in [1.82, 2.24) is 4.98 Å². The standard InChI is InChI=1S/C16H15NOS/c1-2-6-12-10-19-16-13(12)9-14(17-16)15(18)11-7-4-3-5-8-11/h3-5,7-10,17H,2,6H2,1H3. The van der Waals surface area contributed by atoms with Gasteiger partial charge in [0.25, 0.3) is 0 Å². The molecule has 1 aromatic carbocycles. The zero-order chi connectivity index (χ0) is 13.2. The largest absolute Gasteiger partial charge is 0.344 e. The zero-order valence-corrected chi connectivity index (χ0v) is 11.6. The highest BCUT2D eigenvalue weighted by molar-refractivity contribution is 7.17. The van der Waals surface area contributed by atoms with E-state index in [1.54, 1.807) is 11.3 Å². The molecule has 2 heterocycles. The number of aryl methyl sites for hydroxylation is 1. The second kappa shape index (κ2) is 5.02. The molecule has 0 atom stereocenters. The van der Waals surface area contributed by atoms with Gasteiger partial charge in [0.1, 0.15) is 4.83 Å². The summed E-state index contributed by atoms with van der Waals surface area (Å²) in [6.07, 6.45) is 2.19. The summed E-state index contributed by atoms with van der Waals surface area (Å²) in [7, 11) is 0. The molecule has 0 saturated heterocycles. The van der Waals surface area contributed by atoms with Gasteiger partial charge in [-0.1, -0.05) is 43.7 Å². The fourth-order valence-corrected chi connectivity index (χ4v) is 3.28. The van der Waals surface area contributed by atoms with E-state index >= 15 is 0 Å². The van der Waals surface area contributed by atoms with Crippen LogP contribution in [-0.4, -0.2) is 10.8 Å². The molecule has 0 aliphatic heterocycles. The van der Waals surface area contributed by atoms with E-state index in [9.17, 15) is 4.79 Å². The van der Waals surface area contributed by atoms with Crippen LogP contribution in [-0.2, 0) is 6.42 Å². The summed E-state index contributed by atoms with van der Waals surface area (Å²) in [5.41, 5.74) is 2.75. The van der Waals surface area contributed by atoms with Crippen LogP contribution < -0.4 is 0 Å². The molecule has 0 bridgehead atoms. The molecule has 0 aliphatic carbocycles. The van der Waals surface area contributed by atoms with E-state index in [1.807, 2.05) is 36.4 Å². The first-order chi connectivity index (χ1) is 9.29. The number of rotatable bonds is 4. The first kappa shape index (κ1) is 12.2. The van der Waals surface area contributed by atoms with Crippen LogP contribution >= 0.6 is 11.3 Å². The predicted molar refractivity (Wildman–Crippen MR) is 80.0 cm³/mol. The van der Waals surface area contributed by atoms with Crippen LogP contribution in [0.15, 0.2) is 41.8 Å². The number of benzene rings is 1. The Morgan fingerprint density at radius 2 is 2.05 bits per heavy atom. The molecule has 3 heteroatoms. The molecular formula is C16H15NOS. The molecule has 0 unspecified atom stereocenters. The highest BCUT2D eigenvalue weighted by Crippen LogP contribution is 2.28. The Morgan fingerprint density at radius 1 is 1.26 bits per heavy atom. The van der Waals surface area contributed by atoms with Crippen LogP contribution in [0.1, 0.15) is 35.0 Å². The lowest BCUT2D eigenvalue weighted by Crippen LogP contribution is -2.00.